The second-order valence-electron chi connectivity index (χ2n) is 3.61. The topological polar surface area (TPSA) is 59.1 Å². The molecule has 0 aliphatic carbocycles. The molecule has 0 atom stereocenters. The van der Waals surface area contributed by atoms with Crippen LogP contribution in [0.4, 0.5) is 17.5 Å². The van der Waals surface area contributed by atoms with Crippen LogP contribution in [0.2, 0.25) is 5.02 Å². The number of halogens is 2. The summed E-state index contributed by atoms with van der Waals surface area (Å²) in [5.74, 6) is 1.70. The lowest BCUT2D eigenvalue weighted by molar-refractivity contribution is 0.416. The van der Waals surface area contributed by atoms with Gasteiger partial charge < -0.3 is 15.4 Å². The van der Waals surface area contributed by atoms with E-state index in [0.717, 1.165) is 10.2 Å². The van der Waals surface area contributed by atoms with E-state index in [9.17, 15) is 0 Å². The van der Waals surface area contributed by atoms with Crippen molar-refractivity contribution in [1.29, 1.82) is 0 Å². The summed E-state index contributed by atoms with van der Waals surface area (Å²) >= 11 is 9.48. The Balaban J connectivity index is 2.37. The molecule has 0 amide bonds. The van der Waals surface area contributed by atoms with E-state index in [1.807, 2.05) is 18.2 Å². The van der Waals surface area contributed by atoms with Crippen molar-refractivity contribution in [2.45, 2.75) is 0 Å². The first-order chi connectivity index (χ1) is 9.13. The SMILES string of the molecule is CNc1ncc(Cl)c(Nc2cc(Br)ccc2OC)n1. The smallest absolute Gasteiger partial charge is 0.224 e. The van der Waals surface area contributed by atoms with Crippen molar-refractivity contribution in [3.8, 4) is 5.75 Å². The minimum absolute atomic E-state index is 0.432. The fourth-order valence-corrected chi connectivity index (χ4v) is 1.98. The molecule has 2 N–H and O–H groups in total. The van der Waals surface area contributed by atoms with Crippen LogP contribution >= 0.6 is 27.5 Å². The summed E-state index contributed by atoms with van der Waals surface area (Å²) in [7, 11) is 3.35. The van der Waals surface area contributed by atoms with Crippen molar-refractivity contribution in [3.05, 3.63) is 33.9 Å². The first-order valence-corrected chi connectivity index (χ1v) is 6.62. The summed E-state index contributed by atoms with van der Waals surface area (Å²) < 4.78 is 6.21. The molecule has 0 spiro atoms. The molecule has 0 aliphatic heterocycles. The lowest BCUT2D eigenvalue weighted by Crippen LogP contribution is -2.02. The quantitative estimate of drug-likeness (QED) is 0.886. The lowest BCUT2D eigenvalue weighted by atomic mass is 10.3. The monoisotopic (exact) mass is 342 g/mol. The number of benzene rings is 1. The number of rotatable bonds is 4. The van der Waals surface area contributed by atoms with Crippen molar-refractivity contribution in [2.75, 3.05) is 24.8 Å². The van der Waals surface area contributed by atoms with Gasteiger partial charge in [0.25, 0.3) is 0 Å². The molecular weight excluding hydrogens is 332 g/mol. The Morgan fingerprint density at radius 1 is 1.37 bits per heavy atom. The maximum atomic E-state index is 6.07. The molecule has 2 aromatic rings. The Hall–Kier alpha value is -1.53. The van der Waals surface area contributed by atoms with Gasteiger partial charge in [-0.2, -0.15) is 4.98 Å². The molecule has 1 aromatic carbocycles. The molecule has 0 saturated heterocycles. The van der Waals surface area contributed by atoms with Gasteiger partial charge in [-0.3, -0.25) is 0 Å². The molecule has 0 unspecified atom stereocenters. The fourth-order valence-electron chi connectivity index (χ4n) is 1.48. The van der Waals surface area contributed by atoms with E-state index in [-0.39, 0.29) is 0 Å². The van der Waals surface area contributed by atoms with Gasteiger partial charge in [0.15, 0.2) is 5.82 Å². The highest BCUT2D eigenvalue weighted by Crippen LogP contribution is 2.32. The summed E-state index contributed by atoms with van der Waals surface area (Å²) in [5.41, 5.74) is 0.763. The van der Waals surface area contributed by atoms with E-state index in [1.54, 1.807) is 14.2 Å². The number of hydrogen-bond donors (Lipinski definition) is 2. The third kappa shape index (κ3) is 3.27. The maximum absolute atomic E-state index is 6.07. The van der Waals surface area contributed by atoms with Crippen molar-refractivity contribution < 1.29 is 4.74 Å². The van der Waals surface area contributed by atoms with Crippen LogP contribution in [0.25, 0.3) is 0 Å². The number of methoxy groups -OCH3 is 1. The van der Waals surface area contributed by atoms with Gasteiger partial charge in [0.2, 0.25) is 5.95 Å². The molecule has 5 nitrogen and oxygen atoms in total. The highest BCUT2D eigenvalue weighted by Gasteiger charge is 2.09. The zero-order valence-corrected chi connectivity index (χ0v) is 12.7. The molecule has 0 fully saturated rings. The Bertz CT molecular complexity index is 594. The number of aromatic nitrogens is 2. The third-order valence-corrected chi connectivity index (χ3v) is 3.15. The molecule has 0 saturated carbocycles. The van der Waals surface area contributed by atoms with E-state index in [1.165, 1.54) is 6.20 Å². The van der Waals surface area contributed by atoms with Crippen LogP contribution in [-0.4, -0.2) is 24.1 Å². The highest BCUT2D eigenvalue weighted by molar-refractivity contribution is 9.10. The van der Waals surface area contributed by atoms with Crippen LogP contribution < -0.4 is 15.4 Å². The predicted octanol–water partition coefficient (Wildman–Crippen LogP) is 3.69. The fraction of sp³-hybridized carbons (Fsp3) is 0.167. The average molecular weight is 344 g/mol. The van der Waals surface area contributed by atoms with E-state index < -0.39 is 0 Å². The Morgan fingerprint density at radius 3 is 2.84 bits per heavy atom. The van der Waals surface area contributed by atoms with Gasteiger partial charge in [-0.15, -0.1) is 0 Å². The van der Waals surface area contributed by atoms with E-state index >= 15 is 0 Å². The molecule has 1 heterocycles. The van der Waals surface area contributed by atoms with Crippen LogP contribution in [-0.2, 0) is 0 Å². The third-order valence-electron chi connectivity index (χ3n) is 2.38. The van der Waals surface area contributed by atoms with Crippen molar-refractivity contribution >= 4 is 45.0 Å². The van der Waals surface area contributed by atoms with Gasteiger partial charge in [0.05, 0.1) is 19.0 Å². The van der Waals surface area contributed by atoms with Crippen LogP contribution in [0.15, 0.2) is 28.9 Å². The zero-order chi connectivity index (χ0) is 13.8. The van der Waals surface area contributed by atoms with Crippen molar-refractivity contribution in [1.82, 2.24) is 9.97 Å². The number of nitrogens with one attached hydrogen (secondary N) is 2. The normalized spacial score (nSPS) is 10.1. The first kappa shape index (κ1) is 13.9. The van der Waals surface area contributed by atoms with Crippen LogP contribution in [0.1, 0.15) is 0 Å². The standard InChI is InChI=1S/C12H12BrClN4O/c1-15-12-16-6-8(14)11(18-12)17-9-5-7(13)3-4-10(9)19-2/h3-6H,1-2H3,(H2,15,16,17,18). The molecule has 0 radical (unpaired) electrons. The van der Waals surface area contributed by atoms with Crippen molar-refractivity contribution in [2.24, 2.45) is 0 Å². The van der Waals surface area contributed by atoms with Crippen LogP contribution in [0, 0.1) is 0 Å². The summed E-state index contributed by atoms with van der Waals surface area (Å²) in [5, 5.41) is 6.42. The number of hydrogen-bond acceptors (Lipinski definition) is 5. The predicted molar refractivity (Wildman–Crippen MR) is 80.6 cm³/mol. The number of anilines is 3. The Morgan fingerprint density at radius 2 is 2.16 bits per heavy atom. The molecule has 2 rings (SSSR count). The Kier molecular flexibility index (Phi) is 4.44. The van der Waals surface area contributed by atoms with Crippen LogP contribution in [0.3, 0.4) is 0 Å². The van der Waals surface area contributed by atoms with Gasteiger partial charge in [0.1, 0.15) is 10.8 Å². The summed E-state index contributed by atoms with van der Waals surface area (Å²) in [6, 6.07) is 5.63. The summed E-state index contributed by atoms with van der Waals surface area (Å²) in [4.78, 5) is 8.28. The average Bonchev–Trinajstić information content (AvgIpc) is 2.41. The molecule has 1 aromatic heterocycles. The first-order valence-electron chi connectivity index (χ1n) is 5.45. The van der Waals surface area contributed by atoms with Gasteiger partial charge in [0, 0.05) is 11.5 Å². The van der Waals surface area contributed by atoms with Crippen LogP contribution in [0.5, 0.6) is 5.75 Å². The molecule has 19 heavy (non-hydrogen) atoms. The van der Waals surface area contributed by atoms with E-state index in [4.69, 9.17) is 16.3 Å². The van der Waals surface area contributed by atoms with Gasteiger partial charge >= 0.3 is 0 Å². The summed E-state index contributed by atoms with van der Waals surface area (Å²) in [6.07, 6.45) is 1.53. The molecule has 100 valence electrons. The van der Waals surface area contributed by atoms with Gasteiger partial charge in [-0.05, 0) is 18.2 Å². The molecule has 0 aliphatic rings. The second-order valence-corrected chi connectivity index (χ2v) is 4.93. The minimum atomic E-state index is 0.432. The zero-order valence-electron chi connectivity index (χ0n) is 10.4. The number of nitrogens with zero attached hydrogens (tertiary/aromatic N) is 2. The minimum Gasteiger partial charge on any atom is -0.495 e. The molecular formula is C12H12BrClN4O. The van der Waals surface area contributed by atoms with E-state index in [2.05, 4.69) is 36.5 Å². The largest absolute Gasteiger partial charge is 0.495 e. The lowest BCUT2D eigenvalue weighted by Gasteiger charge is -2.12. The highest BCUT2D eigenvalue weighted by atomic mass is 79.9. The maximum Gasteiger partial charge on any atom is 0.224 e. The molecule has 7 heteroatoms. The Labute approximate surface area is 124 Å². The van der Waals surface area contributed by atoms with Gasteiger partial charge in [-0.1, -0.05) is 27.5 Å². The van der Waals surface area contributed by atoms with E-state index in [0.29, 0.717) is 22.5 Å². The second kappa shape index (κ2) is 6.08. The van der Waals surface area contributed by atoms with Gasteiger partial charge in [-0.25, -0.2) is 4.98 Å². The van der Waals surface area contributed by atoms with Crippen molar-refractivity contribution in [3.63, 3.8) is 0 Å². The summed E-state index contributed by atoms with van der Waals surface area (Å²) in [6.45, 7) is 0. The molecule has 0 bridgehead atoms. The number of ether oxygens (including phenoxy) is 1.